The Morgan fingerprint density at radius 3 is 2.08 bits per heavy atom. The molecular formula is C40H43N5O7. The van der Waals surface area contributed by atoms with Crippen LogP contribution >= 0.6 is 0 Å². The number of amides is 1. The number of carboxylic acids is 1. The molecular weight excluding hydrogens is 662 g/mol. The van der Waals surface area contributed by atoms with Crippen molar-refractivity contribution in [1.82, 2.24) is 14.5 Å². The number of Topliss-reactive ketones (excluding diaryl/α,β-unsaturated/α-hetero) is 1. The normalized spacial score (nSPS) is 14.5. The van der Waals surface area contributed by atoms with E-state index in [-0.39, 0.29) is 47.9 Å². The van der Waals surface area contributed by atoms with Crippen molar-refractivity contribution >= 4 is 29.2 Å². The van der Waals surface area contributed by atoms with Gasteiger partial charge in [-0.25, -0.2) is 4.79 Å². The molecule has 1 aliphatic carbocycles. The van der Waals surface area contributed by atoms with Crippen LogP contribution in [0.5, 0.6) is 5.75 Å². The number of aliphatic hydroxyl groups excluding tert-OH is 1. The van der Waals surface area contributed by atoms with E-state index < -0.39 is 36.2 Å². The molecule has 3 aromatic carbocycles. The summed E-state index contributed by atoms with van der Waals surface area (Å²) in [6, 6.07) is 28.7. The van der Waals surface area contributed by atoms with Gasteiger partial charge in [0.15, 0.2) is 5.78 Å². The fourth-order valence-corrected chi connectivity index (χ4v) is 6.56. The fourth-order valence-electron chi connectivity index (χ4n) is 6.56. The lowest BCUT2D eigenvalue weighted by atomic mass is 9.76. The Morgan fingerprint density at radius 1 is 0.942 bits per heavy atom. The minimum atomic E-state index is -1.24. The van der Waals surface area contributed by atoms with Gasteiger partial charge < -0.3 is 25.2 Å². The van der Waals surface area contributed by atoms with E-state index >= 15 is 0 Å². The lowest BCUT2D eigenvalue weighted by Crippen LogP contribution is -2.42. The van der Waals surface area contributed by atoms with Crippen LogP contribution in [-0.4, -0.2) is 74.8 Å². The molecule has 1 aromatic heterocycles. The van der Waals surface area contributed by atoms with E-state index in [1.165, 1.54) is 6.20 Å². The molecule has 1 aliphatic rings. The number of ketones is 1. The second-order valence-corrected chi connectivity index (χ2v) is 13.5. The number of aromatic nitrogens is 2. The first-order chi connectivity index (χ1) is 24.8. The maximum absolute atomic E-state index is 13.4. The van der Waals surface area contributed by atoms with E-state index in [1.807, 2.05) is 98.8 Å². The van der Waals surface area contributed by atoms with Gasteiger partial charge in [0.1, 0.15) is 36.0 Å². The number of benzene rings is 3. The molecule has 0 unspecified atom stereocenters. The minimum absolute atomic E-state index is 0.0132. The highest BCUT2D eigenvalue weighted by atomic mass is 16.5. The molecule has 0 saturated carbocycles. The topological polar surface area (TPSA) is 163 Å². The van der Waals surface area contributed by atoms with Crippen molar-refractivity contribution in [3.63, 3.8) is 0 Å². The number of carbonyl (C=O) groups excluding carboxylic acids is 2. The van der Waals surface area contributed by atoms with Crippen LogP contribution in [0.15, 0.2) is 118 Å². The van der Waals surface area contributed by atoms with E-state index in [0.717, 1.165) is 26.2 Å². The number of allylic oxidation sites excluding steroid dienone is 2. The van der Waals surface area contributed by atoms with E-state index in [9.17, 15) is 29.4 Å². The molecule has 5 rings (SSSR count). The Bertz CT molecular complexity index is 2000. The molecule has 3 N–H and O–H groups in total. The highest BCUT2D eigenvalue weighted by Crippen LogP contribution is 2.40. The highest BCUT2D eigenvalue weighted by molar-refractivity contribution is 6.22. The van der Waals surface area contributed by atoms with E-state index in [1.54, 1.807) is 20.1 Å². The molecule has 4 aromatic rings. The number of carbonyl (C=O) groups is 3. The van der Waals surface area contributed by atoms with E-state index in [2.05, 4.69) is 15.3 Å². The first-order valence-electron chi connectivity index (χ1n) is 16.9. The van der Waals surface area contributed by atoms with Gasteiger partial charge in [0.2, 0.25) is 5.91 Å². The summed E-state index contributed by atoms with van der Waals surface area (Å²) >= 11 is 0. The molecule has 0 aliphatic heterocycles. The van der Waals surface area contributed by atoms with Crippen LogP contribution in [0.1, 0.15) is 50.3 Å². The summed E-state index contributed by atoms with van der Waals surface area (Å²) in [5.74, 6) is -1.17. The van der Waals surface area contributed by atoms with Gasteiger partial charge in [-0.3, -0.25) is 23.9 Å². The van der Waals surface area contributed by atoms with Crippen LogP contribution in [0.2, 0.25) is 0 Å². The number of aliphatic carboxylic acids is 1. The molecule has 270 valence electrons. The van der Waals surface area contributed by atoms with Crippen LogP contribution in [0.3, 0.4) is 0 Å². The first-order valence-corrected chi connectivity index (χ1v) is 16.9. The lowest BCUT2D eigenvalue weighted by molar-refractivity contribution is -0.144. The second-order valence-electron chi connectivity index (χ2n) is 13.5. The lowest BCUT2D eigenvalue weighted by Gasteiger charge is -2.37. The van der Waals surface area contributed by atoms with Crippen LogP contribution in [0, 0.1) is 5.41 Å². The average Bonchev–Trinajstić information content (AvgIpc) is 3.11. The Kier molecular flexibility index (Phi) is 11.4. The van der Waals surface area contributed by atoms with Gasteiger partial charge in [0.25, 0.3) is 0 Å². The number of methoxy groups -OCH3 is 1. The number of hydrogen-bond acceptors (Lipinski definition) is 9. The zero-order chi connectivity index (χ0) is 37.5. The number of nitrogens with zero attached hydrogens (tertiary/aromatic N) is 4. The summed E-state index contributed by atoms with van der Waals surface area (Å²) < 4.78 is 6.52. The van der Waals surface area contributed by atoms with Crippen molar-refractivity contribution in [2.75, 3.05) is 32.1 Å². The van der Waals surface area contributed by atoms with E-state index in [4.69, 9.17) is 4.74 Å². The largest absolute Gasteiger partial charge is 0.511 e. The number of nitrogens with one attached hydrogen (secondary N) is 1. The molecule has 0 radical (unpaired) electrons. The number of carboxylic acid groups (broad SMARTS) is 1. The van der Waals surface area contributed by atoms with Crippen molar-refractivity contribution in [3.8, 4) is 5.75 Å². The average molecular weight is 706 g/mol. The summed E-state index contributed by atoms with van der Waals surface area (Å²) in [7, 11) is 1.60. The van der Waals surface area contributed by atoms with Crippen LogP contribution in [-0.2, 0) is 26.5 Å². The monoisotopic (exact) mass is 705 g/mol. The van der Waals surface area contributed by atoms with E-state index in [0.29, 0.717) is 17.9 Å². The summed E-state index contributed by atoms with van der Waals surface area (Å²) in [4.78, 5) is 60.9. The molecule has 0 saturated heterocycles. The van der Waals surface area contributed by atoms with Gasteiger partial charge in [0.05, 0.1) is 19.2 Å². The Balaban J connectivity index is 1.39. The summed E-state index contributed by atoms with van der Waals surface area (Å²) in [6.07, 6.45) is 2.04. The number of rotatable bonds is 14. The first kappa shape index (κ1) is 37.2. The number of anilines is 1. The molecule has 52 heavy (non-hydrogen) atoms. The summed E-state index contributed by atoms with van der Waals surface area (Å²) in [5.41, 5.74) is 1.05. The maximum atomic E-state index is 13.4. The van der Waals surface area contributed by atoms with Crippen LogP contribution in [0.4, 0.5) is 5.82 Å². The Morgan fingerprint density at radius 2 is 1.54 bits per heavy atom. The molecule has 0 fully saturated rings. The van der Waals surface area contributed by atoms with Crippen molar-refractivity contribution in [1.29, 1.82) is 0 Å². The summed E-state index contributed by atoms with van der Waals surface area (Å²) in [5, 5.41) is 23.6. The predicted molar refractivity (Wildman–Crippen MR) is 198 cm³/mol. The number of hydrogen-bond donors (Lipinski definition) is 3. The molecule has 12 nitrogen and oxygen atoms in total. The van der Waals surface area contributed by atoms with Gasteiger partial charge in [-0.2, -0.15) is 4.98 Å². The zero-order valence-electron chi connectivity index (χ0n) is 29.7. The fraction of sp³-hybridized carbons (Fsp3) is 0.300. The Labute approximate surface area is 302 Å². The van der Waals surface area contributed by atoms with Crippen molar-refractivity contribution < 1.29 is 29.3 Å². The summed E-state index contributed by atoms with van der Waals surface area (Å²) in [6.45, 7) is 4.23. The van der Waals surface area contributed by atoms with Gasteiger partial charge in [-0.15, -0.1) is 0 Å². The SMILES string of the molecule is COc1ccc(C(Nc2ccn(CC(=O)N(CCN=C(C)C3=C(O)CC(C)(C)CC3=O)CC(=O)O)c(=O)n2)(c2ccccc2)c2ccccc2)cc1. The molecule has 1 heterocycles. The van der Waals surface area contributed by atoms with Crippen LogP contribution in [0.25, 0.3) is 0 Å². The predicted octanol–water partition coefficient (Wildman–Crippen LogP) is 5.23. The second kappa shape index (κ2) is 15.9. The van der Waals surface area contributed by atoms with Gasteiger partial charge in [0, 0.05) is 31.3 Å². The standard InChI is InChI=1S/C40H43N5O7/c1-27(37-32(46)23-39(2,3)24-33(37)47)41-20-22-44(26-36(49)50)35(48)25-45-21-19-34(42-38(45)51)43-40(28-11-7-5-8-12-28,29-13-9-6-10-14-29)30-15-17-31(52-4)18-16-30/h5-19,21,46H,20,22-26H2,1-4H3,(H,49,50)(H,42,43,51). The number of aliphatic imine (C=N–C) groups is 1. The van der Waals surface area contributed by atoms with Crippen molar-refractivity contribution in [2.45, 2.75) is 45.7 Å². The molecule has 0 bridgehead atoms. The third-order valence-corrected chi connectivity index (χ3v) is 9.04. The molecule has 1 amide bonds. The van der Waals surface area contributed by atoms with Crippen molar-refractivity contribution in [3.05, 3.63) is 136 Å². The minimum Gasteiger partial charge on any atom is -0.511 e. The van der Waals surface area contributed by atoms with Gasteiger partial charge >= 0.3 is 11.7 Å². The quantitative estimate of drug-likeness (QED) is 0.118. The van der Waals surface area contributed by atoms with Crippen molar-refractivity contribution in [2.24, 2.45) is 10.4 Å². The number of aliphatic hydroxyl groups is 1. The molecule has 0 spiro atoms. The molecule has 12 heteroatoms. The van der Waals surface area contributed by atoms with Gasteiger partial charge in [-0.05, 0) is 47.2 Å². The van der Waals surface area contributed by atoms with Gasteiger partial charge in [-0.1, -0.05) is 86.6 Å². The third kappa shape index (κ3) is 8.45. The Hall–Kier alpha value is -6.04. The number of ether oxygens (including phenoxy) is 1. The smallest absolute Gasteiger partial charge is 0.349 e. The third-order valence-electron chi connectivity index (χ3n) is 9.04. The maximum Gasteiger partial charge on any atom is 0.349 e. The van der Waals surface area contributed by atoms with Crippen LogP contribution < -0.4 is 15.7 Å². The molecule has 0 atom stereocenters. The highest BCUT2D eigenvalue weighted by Gasteiger charge is 2.37. The zero-order valence-corrected chi connectivity index (χ0v) is 29.7.